The topological polar surface area (TPSA) is 81.4 Å². The van der Waals surface area contributed by atoms with Crippen molar-refractivity contribution >= 4 is 17.6 Å². The molecule has 1 aromatic heterocycles. The summed E-state index contributed by atoms with van der Waals surface area (Å²) in [5.74, 6) is -0.409. The van der Waals surface area contributed by atoms with Crippen molar-refractivity contribution in [2.45, 2.75) is 40.0 Å². The number of esters is 1. The van der Waals surface area contributed by atoms with Gasteiger partial charge in [0.15, 0.2) is 0 Å². The molecular formula is C18H22N2O4. The molecular weight excluding hydrogens is 308 g/mol. The number of anilines is 1. The van der Waals surface area contributed by atoms with Crippen molar-refractivity contribution in [1.29, 1.82) is 0 Å². The summed E-state index contributed by atoms with van der Waals surface area (Å²) in [5.41, 5.74) is 1.32. The van der Waals surface area contributed by atoms with Crippen LogP contribution in [0.2, 0.25) is 0 Å². The molecule has 0 bridgehead atoms. The first-order chi connectivity index (χ1) is 11.3. The Balaban J connectivity index is 2.36. The molecule has 128 valence electrons. The van der Waals surface area contributed by atoms with E-state index in [0.29, 0.717) is 28.3 Å². The lowest BCUT2D eigenvalue weighted by molar-refractivity contribution is 0.0527. The third kappa shape index (κ3) is 3.64. The molecule has 0 spiro atoms. The van der Waals surface area contributed by atoms with Gasteiger partial charge in [-0.25, -0.2) is 4.79 Å². The Labute approximate surface area is 141 Å². The van der Waals surface area contributed by atoms with Gasteiger partial charge in [-0.2, -0.15) is 0 Å². The molecule has 0 aliphatic rings. The van der Waals surface area contributed by atoms with Crippen molar-refractivity contribution in [3.8, 4) is 0 Å². The SMILES string of the molecule is CCOC(=O)c1ccccc1NC(=O)c1c(C(C)(C)C)noc1C. The number of amides is 1. The molecule has 6 heteroatoms. The van der Waals surface area contributed by atoms with Crippen LogP contribution in [0, 0.1) is 6.92 Å². The average Bonchev–Trinajstić information content (AvgIpc) is 2.90. The van der Waals surface area contributed by atoms with Crippen LogP contribution in [0.25, 0.3) is 0 Å². The fourth-order valence-electron chi connectivity index (χ4n) is 2.32. The lowest BCUT2D eigenvalue weighted by Gasteiger charge is -2.17. The molecule has 0 radical (unpaired) electrons. The number of aryl methyl sites for hydroxylation is 1. The van der Waals surface area contributed by atoms with Gasteiger partial charge in [-0.05, 0) is 26.0 Å². The Bertz CT molecular complexity index is 757. The largest absolute Gasteiger partial charge is 0.462 e. The van der Waals surface area contributed by atoms with E-state index in [1.165, 1.54) is 0 Å². The third-order valence-corrected chi connectivity index (χ3v) is 3.47. The first kappa shape index (κ1) is 17.7. The van der Waals surface area contributed by atoms with Gasteiger partial charge in [0.25, 0.3) is 5.91 Å². The average molecular weight is 330 g/mol. The van der Waals surface area contributed by atoms with E-state index in [9.17, 15) is 9.59 Å². The minimum absolute atomic E-state index is 0.264. The molecule has 2 rings (SSSR count). The number of carbonyl (C=O) groups is 2. The summed E-state index contributed by atoms with van der Waals surface area (Å²) < 4.78 is 10.2. The number of hydrogen-bond donors (Lipinski definition) is 1. The van der Waals surface area contributed by atoms with E-state index in [4.69, 9.17) is 9.26 Å². The highest BCUT2D eigenvalue weighted by atomic mass is 16.5. The smallest absolute Gasteiger partial charge is 0.340 e. The fraction of sp³-hybridized carbons (Fsp3) is 0.389. The van der Waals surface area contributed by atoms with Crippen LogP contribution < -0.4 is 5.32 Å². The zero-order valence-electron chi connectivity index (χ0n) is 14.6. The number of ether oxygens (including phenoxy) is 1. The van der Waals surface area contributed by atoms with Crippen LogP contribution >= 0.6 is 0 Å². The van der Waals surface area contributed by atoms with Gasteiger partial charge in [0.1, 0.15) is 17.0 Å². The molecule has 1 amide bonds. The van der Waals surface area contributed by atoms with Gasteiger partial charge in [-0.1, -0.05) is 38.1 Å². The molecule has 0 atom stereocenters. The molecule has 1 aromatic carbocycles. The maximum atomic E-state index is 12.7. The highest BCUT2D eigenvalue weighted by Gasteiger charge is 2.29. The molecule has 6 nitrogen and oxygen atoms in total. The number of para-hydroxylation sites is 1. The van der Waals surface area contributed by atoms with Gasteiger partial charge < -0.3 is 14.6 Å². The monoisotopic (exact) mass is 330 g/mol. The molecule has 2 aromatic rings. The summed E-state index contributed by atoms with van der Waals surface area (Å²) in [7, 11) is 0. The van der Waals surface area contributed by atoms with Gasteiger partial charge in [0.05, 0.1) is 17.9 Å². The number of hydrogen-bond acceptors (Lipinski definition) is 5. The molecule has 0 saturated heterocycles. The van der Waals surface area contributed by atoms with Crippen LogP contribution in [0.4, 0.5) is 5.69 Å². The number of rotatable bonds is 4. The minimum atomic E-state index is -0.480. The van der Waals surface area contributed by atoms with E-state index in [0.717, 1.165) is 0 Å². The number of nitrogens with one attached hydrogen (secondary N) is 1. The van der Waals surface area contributed by atoms with E-state index < -0.39 is 5.97 Å². The van der Waals surface area contributed by atoms with Crippen LogP contribution in [0.1, 0.15) is 59.9 Å². The maximum Gasteiger partial charge on any atom is 0.340 e. The standard InChI is InChI=1S/C18H22N2O4/c1-6-23-17(22)12-9-7-8-10-13(12)19-16(21)14-11(2)24-20-15(14)18(3,4)5/h7-10H,6H2,1-5H3,(H,19,21). The Hall–Kier alpha value is -2.63. The molecule has 0 saturated carbocycles. The summed E-state index contributed by atoms with van der Waals surface area (Å²) in [6, 6.07) is 6.72. The number of nitrogens with zero attached hydrogens (tertiary/aromatic N) is 1. The summed E-state index contributed by atoms with van der Waals surface area (Å²) in [6.07, 6.45) is 0. The van der Waals surface area contributed by atoms with Gasteiger partial charge >= 0.3 is 5.97 Å². The van der Waals surface area contributed by atoms with Crippen LogP contribution in [-0.2, 0) is 10.2 Å². The molecule has 1 heterocycles. The van der Waals surface area contributed by atoms with Gasteiger partial charge in [0.2, 0.25) is 0 Å². The third-order valence-electron chi connectivity index (χ3n) is 3.47. The maximum absolute atomic E-state index is 12.7. The van der Waals surface area contributed by atoms with E-state index in [-0.39, 0.29) is 17.9 Å². The second kappa shape index (κ2) is 6.86. The quantitative estimate of drug-likeness (QED) is 0.864. The van der Waals surface area contributed by atoms with Gasteiger partial charge in [0, 0.05) is 5.41 Å². The van der Waals surface area contributed by atoms with Crippen LogP contribution in [0.15, 0.2) is 28.8 Å². The Kier molecular flexibility index (Phi) is 5.07. The Morgan fingerprint density at radius 3 is 2.54 bits per heavy atom. The highest BCUT2D eigenvalue weighted by Crippen LogP contribution is 2.28. The van der Waals surface area contributed by atoms with E-state index in [1.54, 1.807) is 38.1 Å². The van der Waals surface area contributed by atoms with Crippen LogP contribution in [0.3, 0.4) is 0 Å². The van der Waals surface area contributed by atoms with Gasteiger partial charge in [-0.3, -0.25) is 4.79 Å². The highest BCUT2D eigenvalue weighted by molar-refractivity contribution is 6.09. The van der Waals surface area contributed by atoms with Crippen molar-refractivity contribution in [2.75, 3.05) is 11.9 Å². The van der Waals surface area contributed by atoms with Crippen molar-refractivity contribution < 1.29 is 18.8 Å². The van der Waals surface area contributed by atoms with Crippen LogP contribution in [0.5, 0.6) is 0 Å². The molecule has 0 aliphatic carbocycles. The zero-order valence-corrected chi connectivity index (χ0v) is 14.6. The summed E-state index contributed by atoms with van der Waals surface area (Å²) >= 11 is 0. The summed E-state index contributed by atoms with van der Waals surface area (Å²) in [5, 5.41) is 6.78. The first-order valence-corrected chi connectivity index (χ1v) is 7.80. The van der Waals surface area contributed by atoms with E-state index in [2.05, 4.69) is 10.5 Å². The number of aromatic nitrogens is 1. The predicted molar refractivity (Wildman–Crippen MR) is 90.3 cm³/mol. The van der Waals surface area contributed by atoms with E-state index >= 15 is 0 Å². The zero-order chi connectivity index (χ0) is 17.9. The van der Waals surface area contributed by atoms with Crippen molar-refractivity contribution in [1.82, 2.24) is 5.16 Å². The minimum Gasteiger partial charge on any atom is -0.462 e. The summed E-state index contributed by atoms with van der Waals surface area (Å²) in [6.45, 7) is 9.54. The van der Waals surface area contributed by atoms with Crippen molar-refractivity contribution in [3.05, 3.63) is 46.8 Å². The molecule has 0 fully saturated rings. The molecule has 0 unspecified atom stereocenters. The molecule has 24 heavy (non-hydrogen) atoms. The predicted octanol–water partition coefficient (Wildman–Crippen LogP) is 3.71. The van der Waals surface area contributed by atoms with Gasteiger partial charge in [-0.15, -0.1) is 0 Å². The Morgan fingerprint density at radius 1 is 1.25 bits per heavy atom. The molecule has 1 N–H and O–H groups in total. The molecule has 0 aliphatic heterocycles. The van der Waals surface area contributed by atoms with E-state index in [1.807, 2.05) is 20.8 Å². The normalized spacial score (nSPS) is 11.2. The lowest BCUT2D eigenvalue weighted by Crippen LogP contribution is -2.22. The fourth-order valence-corrected chi connectivity index (χ4v) is 2.32. The summed E-state index contributed by atoms with van der Waals surface area (Å²) in [4.78, 5) is 24.8. The lowest BCUT2D eigenvalue weighted by atomic mass is 9.88. The van der Waals surface area contributed by atoms with Crippen molar-refractivity contribution in [3.63, 3.8) is 0 Å². The second-order valence-corrected chi connectivity index (χ2v) is 6.43. The Morgan fingerprint density at radius 2 is 1.92 bits per heavy atom. The second-order valence-electron chi connectivity index (χ2n) is 6.43. The number of benzene rings is 1. The van der Waals surface area contributed by atoms with Crippen LogP contribution in [-0.4, -0.2) is 23.6 Å². The number of carbonyl (C=O) groups excluding carboxylic acids is 2. The van der Waals surface area contributed by atoms with Crippen molar-refractivity contribution in [2.24, 2.45) is 0 Å². The first-order valence-electron chi connectivity index (χ1n) is 7.80.